The summed E-state index contributed by atoms with van der Waals surface area (Å²) in [5.41, 5.74) is -0.103. The molecule has 1 aromatic rings. The van der Waals surface area contributed by atoms with E-state index in [4.69, 9.17) is 14.2 Å². The van der Waals surface area contributed by atoms with Crippen molar-refractivity contribution in [3.63, 3.8) is 0 Å². The van der Waals surface area contributed by atoms with Crippen LogP contribution in [0.15, 0.2) is 12.1 Å². The Bertz CT molecular complexity index is 956. The Balaban J connectivity index is 1.46. The molecule has 9 heteroatoms. The predicted molar refractivity (Wildman–Crippen MR) is 128 cm³/mol. The van der Waals surface area contributed by atoms with E-state index >= 15 is 0 Å². The molecule has 2 aliphatic carbocycles. The summed E-state index contributed by atoms with van der Waals surface area (Å²) >= 11 is 0. The molecule has 0 radical (unpaired) electrons. The molecule has 4 rings (SSSR count). The number of amides is 2. The number of carbonyl (C=O) groups excluding carboxylic acids is 3. The zero-order valence-electron chi connectivity index (χ0n) is 21.2. The van der Waals surface area contributed by atoms with Crippen LogP contribution in [-0.4, -0.2) is 65.8 Å². The Morgan fingerprint density at radius 2 is 1.80 bits per heavy atom. The van der Waals surface area contributed by atoms with Crippen LogP contribution in [0, 0.1) is 5.92 Å². The summed E-state index contributed by atoms with van der Waals surface area (Å²) in [6, 6.07) is 3.68. The van der Waals surface area contributed by atoms with Gasteiger partial charge in [-0.05, 0) is 77.2 Å². The minimum absolute atomic E-state index is 0.0165. The molecule has 1 saturated heterocycles. The van der Waals surface area contributed by atoms with Gasteiger partial charge in [-0.15, -0.1) is 0 Å². The molecule has 0 aromatic carbocycles. The number of pyridine rings is 1. The molecule has 0 bridgehead atoms. The molecule has 0 atom stereocenters. The standard InChI is InChI=1S/C26H37N3O6/c1-25(2,3)35-24(32)29-13-11-26(12-14-29,15-21(30)33-4)28-22(31)20-10-9-19(18-7-8-18)23(27-20)34-16-17-5-6-17/h9-10,17-18H,5-8,11-16H2,1-4H3,(H,28,31). The third kappa shape index (κ3) is 6.86. The van der Waals surface area contributed by atoms with Crippen molar-refractivity contribution < 1.29 is 28.6 Å². The van der Waals surface area contributed by atoms with Gasteiger partial charge >= 0.3 is 12.1 Å². The highest BCUT2D eigenvalue weighted by Gasteiger charge is 2.41. The van der Waals surface area contributed by atoms with E-state index in [0.717, 1.165) is 18.4 Å². The largest absolute Gasteiger partial charge is 0.477 e. The second kappa shape index (κ2) is 10.0. The molecule has 2 heterocycles. The molecule has 2 saturated carbocycles. The lowest BCUT2D eigenvalue weighted by Gasteiger charge is -2.41. The molecular formula is C26H37N3O6. The van der Waals surface area contributed by atoms with Gasteiger partial charge in [0.15, 0.2) is 0 Å². The monoisotopic (exact) mass is 487 g/mol. The molecule has 1 aromatic heterocycles. The molecule has 35 heavy (non-hydrogen) atoms. The number of esters is 1. The minimum atomic E-state index is -0.839. The first kappa shape index (κ1) is 25.3. The van der Waals surface area contributed by atoms with Gasteiger partial charge in [0.05, 0.1) is 25.7 Å². The number of carbonyl (C=O) groups is 3. The van der Waals surface area contributed by atoms with E-state index in [0.29, 0.717) is 50.3 Å². The van der Waals surface area contributed by atoms with Crippen molar-refractivity contribution in [2.75, 3.05) is 26.8 Å². The first-order valence-electron chi connectivity index (χ1n) is 12.6. The van der Waals surface area contributed by atoms with Gasteiger partial charge in [0, 0.05) is 18.7 Å². The third-order valence-electron chi connectivity index (χ3n) is 6.75. The number of nitrogens with one attached hydrogen (secondary N) is 1. The first-order valence-corrected chi connectivity index (χ1v) is 12.6. The average Bonchev–Trinajstić information content (AvgIpc) is 3.71. The summed E-state index contributed by atoms with van der Waals surface area (Å²) in [5, 5.41) is 3.05. The predicted octanol–water partition coefficient (Wildman–Crippen LogP) is 3.81. The summed E-state index contributed by atoms with van der Waals surface area (Å²) in [4.78, 5) is 44.2. The van der Waals surface area contributed by atoms with Gasteiger partial charge in [0.1, 0.15) is 11.3 Å². The van der Waals surface area contributed by atoms with Gasteiger partial charge in [-0.1, -0.05) is 6.07 Å². The van der Waals surface area contributed by atoms with Crippen LogP contribution in [0.4, 0.5) is 4.79 Å². The molecule has 3 fully saturated rings. The number of hydrogen-bond donors (Lipinski definition) is 1. The third-order valence-corrected chi connectivity index (χ3v) is 6.75. The minimum Gasteiger partial charge on any atom is -0.477 e. The second-order valence-electron chi connectivity index (χ2n) is 11.1. The number of likely N-dealkylation sites (tertiary alicyclic amines) is 1. The molecule has 1 aliphatic heterocycles. The number of methoxy groups -OCH3 is 1. The number of piperidine rings is 1. The molecule has 9 nitrogen and oxygen atoms in total. The van der Waals surface area contributed by atoms with E-state index in [2.05, 4.69) is 10.3 Å². The van der Waals surface area contributed by atoms with Crippen LogP contribution in [-0.2, 0) is 14.3 Å². The van der Waals surface area contributed by atoms with E-state index in [-0.39, 0.29) is 18.0 Å². The van der Waals surface area contributed by atoms with Crippen molar-refractivity contribution in [3.05, 3.63) is 23.4 Å². The van der Waals surface area contributed by atoms with Gasteiger partial charge in [-0.2, -0.15) is 0 Å². The lowest BCUT2D eigenvalue weighted by Crippen LogP contribution is -2.57. The van der Waals surface area contributed by atoms with E-state index < -0.39 is 23.2 Å². The van der Waals surface area contributed by atoms with E-state index in [9.17, 15) is 14.4 Å². The fraction of sp³-hybridized carbons (Fsp3) is 0.692. The maximum Gasteiger partial charge on any atom is 0.410 e. The van der Waals surface area contributed by atoms with Crippen molar-refractivity contribution >= 4 is 18.0 Å². The number of aromatic nitrogens is 1. The topological polar surface area (TPSA) is 107 Å². The zero-order valence-corrected chi connectivity index (χ0v) is 21.2. The molecule has 0 unspecified atom stereocenters. The molecule has 1 N–H and O–H groups in total. The van der Waals surface area contributed by atoms with Gasteiger partial charge in [-0.25, -0.2) is 9.78 Å². The molecule has 2 amide bonds. The van der Waals surface area contributed by atoms with Crippen LogP contribution in [0.1, 0.15) is 87.7 Å². The van der Waals surface area contributed by atoms with Crippen LogP contribution in [0.25, 0.3) is 0 Å². The van der Waals surface area contributed by atoms with Crippen molar-refractivity contribution in [3.8, 4) is 5.88 Å². The Hall–Kier alpha value is -2.84. The quantitative estimate of drug-likeness (QED) is 0.556. The SMILES string of the molecule is COC(=O)CC1(NC(=O)c2ccc(C3CC3)c(OCC3CC3)n2)CCN(C(=O)OC(C)(C)C)CC1. The normalized spacial score (nSPS) is 19.6. The molecular weight excluding hydrogens is 450 g/mol. The fourth-order valence-electron chi connectivity index (χ4n) is 4.32. The second-order valence-corrected chi connectivity index (χ2v) is 11.1. The number of hydrogen-bond acceptors (Lipinski definition) is 7. The van der Waals surface area contributed by atoms with Gasteiger partial charge in [-0.3, -0.25) is 9.59 Å². The number of rotatable bonds is 8. The Morgan fingerprint density at radius 1 is 1.11 bits per heavy atom. The smallest absolute Gasteiger partial charge is 0.410 e. The summed E-state index contributed by atoms with van der Waals surface area (Å²) in [5.74, 6) is 0.810. The maximum atomic E-state index is 13.3. The van der Waals surface area contributed by atoms with Gasteiger partial charge in [0.2, 0.25) is 5.88 Å². The van der Waals surface area contributed by atoms with E-state index in [1.807, 2.05) is 26.8 Å². The highest BCUT2D eigenvalue weighted by molar-refractivity contribution is 5.93. The van der Waals surface area contributed by atoms with Crippen molar-refractivity contribution in [1.82, 2.24) is 15.2 Å². The average molecular weight is 488 g/mol. The lowest BCUT2D eigenvalue weighted by atomic mass is 9.84. The Morgan fingerprint density at radius 3 is 2.37 bits per heavy atom. The maximum absolute atomic E-state index is 13.3. The Labute approximate surface area is 206 Å². The summed E-state index contributed by atoms with van der Waals surface area (Å²) < 4.78 is 16.4. The summed E-state index contributed by atoms with van der Waals surface area (Å²) in [7, 11) is 1.33. The van der Waals surface area contributed by atoms with Crippen molar-refractivity contribution in [1.29, 1.82) is 0 Å². The lowest BCUT2D eigenvalue weighted by molar-refractivity contribution is -0.142. The van der Waals surface area contributed by atoms with Crippen LogP contribution in [0.5, 0.6) is 5.88 Å². The van der Waals surface area contributed by atoms with Crippen LogP contribution in [0.2, 0.25) is 0 Å². The van der Waals surface area contributed by atoms with Gasteiger partial charge < -0.3 is 24.4 Å². The highest BCUT2D eigenvalue weighted by atomic mass is 16.6. The van der Waals surface area contributed by atoms with E-state index in [1.165, 1.54) is 20.0 Å². The van der Waals surface area contributed by atoms with Crippen LogP contribution < -0.4 is 10.1 Å². The fourth-order valence-corrected chi connectivity index (χ4v) is 4.32. The number of nitrogens with zero attached hydrogens (tertiary/aromatic N) is 2. The van der Waals surface area contributed by atoms with E-state index in [1.54, 1.807) is 11.0 Å². The summed E-state index contributed by atoms with van der Waals surface area (Å²) in [6.07, 6.45) is 5.00. The van der Waals surface area contributed by atoms with Gasteiger partial charge in [0.25, 0.3) is 5.91 Å². The van der Waals surface area contributed by atoms with Crippen LogP contribution in [0.3, 0.4) is 0 Å². The molecule has 3 aliphatic rings. The zero-order chi connectivity index (χ0) is 25.2. The highest BCUT2D eigenvalue weighted by Crippen LogP contribution is 2.44. The Kier molecular flexibility index (Phi) is 7.24. The number of ether oxygens (including phenoxy) is 3. The van der Waals surface area contributed by atoms with Crippen molar-refractivity contribution in [2.45, 2.75) is 82.8 Å². The van der Waals surface area contributed by atoms with Crippen LogP contribution >= 0.6 is 0 Å². The molecule has 0 spiro atoms. The first-order chi connectivity index (χ1) is 16.6. The summed E-state index contributed by atoms with van der Waals surface area (Å²) in [6.45, 7) is 6.80. The molecule has 192 valence electrons. The van der Waals surface area contributed by atoms with Crippen molar-refractivity contribution in [2.24, 2.45) is 5.92 Å².